The molecule has 0 fully saturated rings. The second-order valence-electron chi connectivity index (χ2n) is 5.57. The normalized spacial score (nSPS) is 10.1. The molecular weight excluding hydrogens is 334 g/mol. The first-order valence-corrected chi connectivity index (χ1v) is 8.49. The maximum absolute atomic E-state index is 12.0. The lowest BCUT2D eigenvalue weighted by atomic mass is 10.2. The summed E-state index contributed by atoms with van der Waals surface area (Å²) in [5.74, 6) is 2.48. The molecule has 2 aromatic rings. The van der Waals surface area contributed by atoms with E-state index in [4.69, 9.17) is 18.9 Å². The molecule has 0 unspecified atom stereocenters. The summed E-state index contributed by atoms with van der Waals surface area (Å²) in [6.45, 7) is 3.06. The van der Waals surface area contributed by atoms with E-state index in [2.05, 4.69) is 12.2 Å². The van der Waals surface area contributed by atoms with Gasteiger partial charge in [0.05, 0.1) is 20.8 Å². The summed E-state index contributed by atoms with van der Waals surface area (Å²) in [4.78, 5) is 12.0. The fourth-order valence-electron chi connectivity index (χ4n) is 2.24. The number of carbonyl (C=O) groups excluding carboxylic acids is 1. The van der Waals surface area contributed by atoms with Crippen molar-refractivity contribution in [3.8, 4) is 23.0 Å². The lowest BCUT2D eigenvalue weighted by Gasteiger charge is -2.11. The number of amides is 1. The summed E-state index contributed by atoms with van der Waals surface area (Å²) < 4.78 is 21.4. The number of ether oxygens (including phenoxy) is 4. The molecule has 0 aliphatic rings. The smallest absolute Gasteiger partial charge is 0.258 e. The first-order valence-electron chi connectivity index (χ1n) is 8.49. The van der Waals surface area contributed by atoms with Gasteiger partial charge in [0.2, 0.25) is 0 Å². The monoisotopic (exact) mass is 359 g/mol. The van der Waals surface area contributed by atoms with Crippen molar-refractivity contribution in [2.45, 2.75) is 19.9 Å². The van der Waals surface area contributed by atoms with Crippen LogP contribution in [0.15, 0.2) is 42.5 Å². The van der Waals surface area contributed by atoms with Gasteiger partial charge in [-0.2, -0.15) is 0 Å². The number of hydrogen-bond donors (Lipinski definition) is 1. The van der Waals surface area contributed by atoms with Gasteiger partial charge >= 0.3 is 0 Å². The Labute approximate surface area is 154 Å². The Morgan fingerprint density at radius 1 is 0.923 bits per heavy atom. The lowest BCUT2D eigenvalue weighted by Crippen LogP contribution is -2.28. The average Bonchev–Trinajstić information content (AvgIpc) is 2.69. The molecule has 140 valence electrons. The molecule has 0 saturated carbocycles. The number of methoxy groups -OCH3 is 2. The minimum atomic E-state index is -0.203. The third-order valence-corrected chi connectivity index (χ3v) is 3.60. The zero-order valence-electron chi connectivity index (χ0n) is 15.4. The lowest BCUT2D eigenvalue weighted by molar-refractivity contribution is -0.123. The van der Waals surface area contributed by atoms with Crippen molar-refractivity contribution < 1.29 is 23.7 Å². The zero-order chi connectivity index (χ0) is 18.8. The van der Waals surface area contributed by atoms with Crippen LogP contribution in [0, 0.1) is 0 Å². The number of benzene rings is 2. The van der Waals surface area contributed by atoms with Gasteiger partial charge in [-0.3, -0.25) is 4.79 Å². The molecule has 6 heteroatoms. The first kappa shape index (κ1) is 19.4. The van der Waals surface area contributed by atoms with Crippen LogP contribution in [0.3, 0.4) is 0 Å². The first-order chi connectivity index (χ1) is 12.7. The van der Waals surface area contributed by atoms with Crippen molar-refractivity contribution in [1.29, 1.82) is 0 Å². The van der Waals surface area contributed by atoms with Gasteiger partial charge in [0, 0.05) is 6.54 Å². The topological polar surface area (TPSA) is 66.0 Å². The molecule has 1 amide bonds. The third kappa shape index (κ3) is 5.88. The molecule has 0 atom stereocenters. The molecule has 0 aliphatic heterocycles. The SMILES string of the molecule is CCCOc1ccc(OCC(=O)NCc2ccc(OC)c(OC)c2)cc1. The van der Waals surface area contributed by atoms with Crippen LogP contribution in [-0.4, -0.2) is 33.3 Å². The average molecular weight is 359 g/mol. The van der Waals surface area contributed by atoms with Gasteiger partial charge in [-0.25, -0.2) is 0 Å². The summed E-state index contributed by atoms with van der Waals surface area (Å²) in [5, 5.41) is 2.81. The molecule has 2 rings (SSSR count). The van der Waals surface area contributed by atoms with Gasteiger partial charge in [-0.05, 0) is 48.4 Å². The fourth-order valence-corrected chi connectivity index (χ4v) is 2.24. The predicted molar refractivity (Wildman–Crippen MR) is 99.1 cm³/mol. The van der Waals surface area contributed by atoms with Crippen LogP contribution >= 0.6 is 0 Å². The van der Waals surface area contributed by atoms with Crippen LogP contribution in [0.2, 0.25) is 0 Å². The van der Waals surface area contributed by atoms with E-state index in [-0.39, 0.29) is 12.5 Å². The van der Waals surface area contributed by atoms with E-state index in [1.165, 1.54) is 0 Å². The van der Waals surface area contributed by atoms with Crippen molar-refractivity contribution >= 4 is 5.91 Å². The van der Waals surface area contributed by atoms with Crippen LogP contribution in [-0.2, 0) is 11.3 Å². The van der Waals surface area contributed by atoms with E-state index in [9.17, 15) is 4.79 Å². The third-order valence-electron chi connectivity index (χ3n) is 3.60. The molecule has 0 saturated heterocycles. The van der Waals surface area contributed by atoms with E-state index in [0.29, 0.717) is 30.4 Å². The summed E-state index contributed by atoms with van der Waals surface area (Å²) in [5.41, 5.74) is 0.911. The van der Waals surface area contributed by atoms with Crippen molar-refractivity contribution in [3.05, 3.63) is 48.0 Å². The zero-order valence-corrected chi connectivity index (χ0v) is 15.4. The Morgan fingerprint density at radius 2 is 1.58 bits per heavy atom. The number of carbonyl (C=O) groups is 1. The standard InChI is InChI=1S/C20H25NO5/c1-4-11-25-16-6-8-17(9-7-16)26-14-20(22)21-13-15-5-10-18(23-2)19(12-15)24-3/h5-10,12H,4,11,13-14H2,1-3H3,(H,21,22). The summed E-state index contributed by atoms with van der Waals surface area (Å²) in [6, 6.07) is 12.7. The van der Waals surface area contributed by atoms with E-state index < -0.39 is 0 Å². The van der Waals surface area contributed by atoms with Gasteiger partial charge in [0.1, 0.15) is 11.5 Å². The van der Waals surface area contributed by atoms with E-state index in [0.717, 1.165) is 17.7 Å². The minimum absolute atomic E-state index is 0.0531. The molecule has 2 aromatic carbocycles. The molecule has 0 aromatic heterocycles. The van der Waals surface area contributed by atoms with Crippen LogP contribution in [0.25, 0.3) is 0 Å². The van der Waals surface area contributed by atoms with Crippen LogP contribution < -0.4 is 24.3 Å². The molecule has 0 radical (unpaired) electrons. The summed E-state index contributed by atoms with van der Waals surface area (Å²) in [6.07, 6.45) is 0.957. The number of rotatable bonds is 10. The maximum atomic E-state index is 12.0. The van der Waals surface area contributed by atoms with E-state index >= 15 is 0 Å². The Bertz CT molecular complexity index is 700. The van der Waals surface area contributed by atoms with Gasteiger partial charge in [-0.15, -0.1) is 0 Å². The van der Waals surface area contributed by atoms with Crippen molar-refractivity contribution in [2.24, 2.45) is 0 Å². The maximum Gasteiger partial charge on any atom is 0.258 e. The molecule has 0 bridgehead atoms. The minimum Gasteiger partial charge on any atom is -0.494 e. The second-order valence-corrected chi connectivity index (χ2v) is 5.57. The van der Waals surface area contributed by atoms with Crippen molar-refractivity contribution in [3.63, 3.8) is 0 Å². The molecule has 1 N–H and O–H groups in total. The van der Waals surface area contributed by atoms with Gasteiger partial charge in [-0.1, -0.05) is 13.0 Å². The summed E-state index contributed by atoms with van der Waals surface area (Å²) >= 11 is 0. The molecule has 26 heavy (non-hydrogen) atoms. The molecule has 0 spiro atoms. The fraction of sp³-hybridized carbons (Fsp3) is 0.350. The van der Waals surface area contributed by atoms with Gasteiger partial charge < -0.3 is 24.3 Å². The molecular formula is C20H25NO5. The predicted octanol–water partition coefficient (Wildman–Crippen LogP) is 3.19. The highest BCUT2D eigenvalue weighted by molar-refractivity contribution is 5.77. The van der Waals surface area contributed by atoms with E-state index in [1.54, 1.807) is 32.4 Å². The number of hydrogen-bond acceptors (Lipinski definition) is 5. The summed E-state index contributed by atoms with van der Waals surface area (Å²) in [7, 11) is 3.16. The van der Waals surface area contributed by atoms with Gasteiger partial charge in [0.15, 0.2) is 18.1 Å². The van der Waals surface area contributed by atoms with Crippen LogP contribution in [0.4, 0.5) is 0 Å². The highest BCUT2D eigenvalue weighted by Gasteiger charge is 2.07. The Balaban J connectivity index is 1.78. The van der Waals surface area contributed by atoms with Crippen LogP contribution in [0.5, 0.6) is 23.0 Å². The van der Waals surface area contributed by atoms with Crippen molar-refractivity contribution in [1.82, 2.24) is 5.32 Å². The number of nitrogens with one attached hydrogen (secondary N) is 1. The van der Waals surface area contributed by atoms with E-state index in [1.807, 2.05) is 24.3 Å². The largest absolute Gasteiger partial charge is 0.494 e. The Morgan fingerprint density at radius 3 is 2.19 bits per heavy atom. The molecule has 0 heterocycles. The molecule has 6 nitrogen and oxygen atoms in total. The molecule has 0 aliphatic carbocycles. The highest BCUT2D eigenvalue weighted by Crippen LogP contribution is 2.27. The van der Waals surface area contributed by atoms with Crippen LogP contribution in [0.1, 0.15) is 18.9 Å². The van der Waals surface area contributed by atoms with Gasteiger partial charge in [0.25, 0.3) is 5.91 Å². The second kappa shape index (κ2) is 10.2. The van der Waals surface area contributed by atoms with Crippen molar-refractivity contribution in [2.75, 3.05) is 27.4 Å². The Hall–Kier alpha value is -2.89. The Kier molecular flexibility index (Phi) is 7.61. The quantitative estimate of drug-likeness (QED) is 0.706. The highest BCUT2D eigenvalue weighted by atomic mass is 16.5.